The molecule has 2 heterocycles. The quantitative estimate of drug-likeness (QED) is 0.372. The summed E-state index contributed by atoms with van der Waals surface area (Å²) in [5, 5.41) is 7.58. The Morgan fingerprint density at radius 3 is 2.52 bits per heavy atom. The van der Waals surface area contributed by atoms with Gasteiger partial charge in [0, 0.05) is 12.7 Å². The molecule has 0 atom stereocenters. The van der Waals surface area contributed by atoms with Gasteiger partial charge in [-0.25, -0.2) is 4.98 Å². The molecule has 1 amide bonds. The fourth-order valence-corrected chi connectivity index (χ4v) is 4.32. The van der Waals surface area contributed by atoms with Gasteiger partial charge in [0.05, 0.1) is 18.5 Å². The molecule has 0 saturated heterocycles. The first-order valence-corrected chi connectivity index (χ1v) is 10.9. The lowest BCUT2D eigenvalue weighted by Gasteiger charge is -2.13. The minimum atomic E-state index is -0.175. The van der Waals surface area contributed by atoms with Crippen molar-refractivity contribution >= 4 is 34.4 Å². The highest BCUT2D eigenvalue weighted by Crippen LogP contribution is 2.20. The third-order valence-electron chi connectivity index (χ3n) is 4.84. The number of nitrogens with one attached hydrogen (secondary N) is 1. The minimum absolute atomic E-state index is 0.139. The third kappa shape index (κ3) is 4.69. The maximum absolute atomic E-state index is 13.2. The van der Waals surface area contributed by atoms with Gasteiger partial charge in [0.25, 0.3) is 5.56 Å². The van der Waals surface area contributed by atoms with Gasteiger partial charge in [0.1, 0.15) is 5.52 Å². The number of anilines is 1. The maximum Gasteiger partial charge on any atom is 0.280 e. The van der Waals surface area contributed by atoms with E-state index in [2.05, 4.69) is 21.5 Å². The fourth-order valence-electron chi connectivity index (χ4n) is 3.52. The number of benzene rings is 2. The molecule has 0 fully saturated rings. The zero-order valence-corrected chi connectivity index (χ0v) is 18.4. The predicted molar refractivity (Wildman–Crippen MR) is 124 cm³/mol. The number of fused-ring (bicyclic) bond motifs is 1. The van der Waals surface area contributed by atoms with Crippen LogP contribution in [0.5, 0.6) is 0 Å². The van der Waals surface area contributed by atoms with Gasteiger partial charge in [0.15, 0.2) is 10.7 Å². The van der Waals surface area contributed by atoms with Crippen LogP contribution in [0.4, 0.5) is 5.69 Å². The minimum Gasteiger partial charge on any atom is -0.325 e. The van der Waals surface area contributed by atoms with Crippen LogP contribution in [0.25, 0.3) is 11.0 Å². The summed E-state index contributed by atoms with van der Waals surface area (Å²) in [6.07, 6.45) is 1.57. The molecule has 7 nitrogen and oxygen atoms in total. The van der Waals surface area contributed by atoms with Gasteiger partial charge in [-0.15, -0.1) is 0 Å². The second-order valence-electron chi connectivity index (χ2n) is 7.49. The van der Waals surface area contributed by atoms with Crippen molar-refractivity contribution in [2.75, 3.05) is 11.1 Å². The van der Waals surface area contributed by atoms with E-state index in [1.807, 2.05) is 56.3 Å². The number of amides is 1. The first-order valence-electron chi connectivity index (χ1n) is 9.88. The van der Waals surface area contributed by atoms with E-state index in [0.29, 0.717) is 22.7 Å². The lowest BCUT2D eigenvalue weighted by molar-refractivity contribution is -0.113. The van der Waals surface area contributed by atoms with Gasteiger partial charge in [-0.3, -0.25) is 18.8 Å². The van der Waals surface area contributed by atoms with Crippen LogP contribution >= 0.6 is 11.8 Å². The van der Waals surface area contributed by atoms with Crippen molar-refractivity contribution < 1.29 is 4.79 Å². The number of carbonyl (C=O) groups excluding carboxylic acids is 1. The third-order valence-corrected chi connectivity index (χ3v) is 5.81. The molecule has 0 saturated carbocycles. The molecular weight excluding hydrogens is 410 g/mol. The van der Waals surface area contributed by atoms with Gasteiger partial charge < -0.3 is 5.32 Å². The Hall–Kier alpha value is -3.39. The largest absolute Gasteiger partial charge is 0.325 e. The van der Waals surface area contributed by atoms with Crippen LogP contribution in [0.1, 0.15) is 16.7 Å². The normalized spacial score (nSPS) is 11.1. The molecule has 158 valence electrons. The summed E-state index contributed by atoms with van der Waals surface area (Å²) >= 11 is 1.24. The van der Waals surface area contributed by atoms with E-state index < -0.39 is 0 Å². The van der Waals surface area contributed by atoms with Crippen LogP contribution in [0.3, 0.4) is 0 Å². The van der Waals surface area contributed by atoms with Crippen LogP contribution < -0.4 is 10.9 Å². The van der Waals surface area contributed by atoms with E-state index in [-0.39, 0.29) is 17.2 Å². The van der Waals surface area contributed by atoms with Gasteiger partial charge >= 0.3 is 0 Å². The van der Waals surface area contributed by atoms with E-state index in [1.165, 1.54) is 16.4 Å². The molecule has 0 aliphatic rings. The second-order valence-corrected chi connectivity index (χ2v) is 8.43. The molecule has 4 aromatic rings. The monoisotopic (exact) mass is 433 g/mol. The van der Waals surface area contributed by atoms with Crippen molar-refractivity contribution in [3.8, 4) is 0 Å². The Morgan fingerprint density at radius 2 is 1.81 bits per heavy atom. The Balaban J connectivity index is 1.60. The summed E-state index contributed by atoms with van der Waals surface area (Å²) in [5.74, 6) is -0.0122. The van der Waals surface area contributed by atoms with E-state index in [9.17, 15) is 9.59 Å². The lowest BCUT2D eigenvalue weighted by atomic mass is 10.1. The van der Waals surface area contributed by atoms with E-state index in [4.69, 9.17) is 0 Å². The Labute approximate surface area is 184 Å². The molecule has 31 heavy (non-hydrogen) atoms. The van der Waals surface area contributed by atoms with Crippen molar-refractivity contribution in [2.24, 2.45) is 7.05 Å². The summed E-state index contributed by atoms with van der Waals surface area (Å²) < 4.78 is 3.14. The standard InChI is InChI=1S/C23H23N5O2S/c1-15-9-16(2)11-18(10-15)25-20(29)14-31-23-26-19-12-24-27(3)21(19)22(30)28(23)13-17-7-5-4-6-8-17/h4-12H,13-14H2,1-3H3,(H,25,29). The molecule has 8 heteroatoms. The molecule has 0 bridgehead atoms. The molecule has 0 radical (unpaired) electrons. The SMILES string of the molecule is Cc1cc(C)cc(NC(=O)CSc2nc3cnn(C)c3c(=O)n2Cc2ccccc2)c1. The molecule has 2 aromatic carbocycles. The second kappa shape index (κ2) is 8.77. The van der Waals surface area contributed by atoms with E-state index in [0.717, 1.165) is 22.4 Å². The highest BCUT2D eigenvalue weighted by Gasteiger charge is 2.16. The van der Waals surface area contributed by atoms with Gasteiger partial charge in [-0.05, 0) is 42.7 Å². The predicted octanol–water partition coefficient (Wildman–Crippen LogP) is 3.53. The van der Waals surface area contributed by atoms with Crippen molar-refractivity contribution in [3.63, 3.8) is 0 Å². The average Bonchev–Trinajstić information content (AvgIpc) is 3.09. The zero-order valence-electron chi connectivity index (χ0n) is 17.6. The summed E-state index contributed by atoms with van der Waals surface area (Å²) in [5.41, 5.74) is 4.71. The summed E-state index contributed by atoms with van der Waals surface area (Å²) in [6.45, 7) is 4.36. The van der Waals surface area contributed by atoms with E-state index in [1.54, 1.807) is 17.8 Å². The first kappa shape index (κ1) is 20.9. The fraction of sp³-hybridized carbons (Fsp3) is 0.217. The lowest BCUT2D eigenvalue weighted by Crippen LogP contribution is -2.26. The molecule has 0 unspecified atom stereocenters. The van der Waals surface area contributed by atoms with Gasteiger partial charge in [-0.2, -0.15) is 5.10 Å². The van der Waals surface area contributed by atoms with Crippen molar-refractivity contribution in [1.29, 1.82) is 0 Å². The summed E-state index contributed by atoms with van der Waals surface area (Å²) in [7, 11) is 1.72. The smallest absolute Gasteiger partial charge is 0.280 e. The highest BCUT2D eigenvalue weighted by atomic mass is 32.2. The molecular formula is C23H23N5O2S. The Bertz CT molecular complexity index is 1290. The topological polar surface area (TPSA) is 81.8 Å². The molecule has 0 aliphatic heterocycles. The van der Waals surface area contributed by atoms with Crippen LogP contribution in [-0.4, -0.2) is 31.0 Å². The molecule has 4 rings (SSSR count). The molecule has 0 spiro atoms. The highest BCUT2D eigenvalue weighted by molar-refractivity contribution is 7.99. The van der Waals surface area contributed by atoms with Crippen LogP contribution in [0.15, 0.2) is 64.7 Å². The average molecular weight is 434 g/mol. The first-order chi connectivity index (χ1) is 14.9. The number of rotatable bonds is 6. The Kier molecular flexibility index (Phi) is 5.90. The summed E-state index contributed by atoms with van der Waals surface area (Å²) in [4.78, 5) is 30.4. The van der Waals surface area contributed by atoms with E-state index >= 15 is 0 Å². The van der Waals surface area contributed by atoms with Crippen LogP contribution in [0.2, 0.25) is 0 Å². The van der Waals surface area contributed by atoms with Gasteiger partial charge in [0.2, 0.25) is 5.91 Å². The number of nitrogens with zero attached hydrogens (tertiary/aromatic N) is 4. The summed E-state index contributed by atoms with van der Waals surface area (Å²) in [6, 6.07) is 15.6. The molecule has 2 aromatic heterocycles. The number of hydrogen-bond acceptors (Lipinski definition) is 5. The molecule has 0 aliphatic carbocycles. The molecule has 1 N–H and O–H groups in total. The van der Waals surface area contributed by atoms with Crippen LogP contribution in [-0.2, 0) is 18.4 Å². The van der Waals surface area contributed by atoms with Gasteiger partial charge in [-0.1, -0.05) is 48.2 Å². The Morgan fingerprint density at radius 1 is 1.10 bits per heavy atom. The van der Waals surface area contributed by atoms with Crippen LogP contribution in [0, 0.1) is 13.8 Å². The number of aromatic nitrogens is 4. The van der Waals surface area contributed by atoms with Crippen molar-refractivity contribution in [3.05, 3.63) is 81.8 Å². The maximum atomic E-state index is 13.2. The number of aryl methyl sites for hydroxylation is 3. The number of thioether (sulfide) groups is 1. The zero-order chi connectivity index (χ0) is 22.0. The van der Waals surface area contributed by atoms with Crippen molar-refractivity contribution in [1.82, 2.24) is 19.3 Å². The van der Waals surface area contributed by atoms with Crippen molar-refractivity contribution in [2.45, 2.75) is 25.5 Å². The number of hydrogen-bond donors (Lipinski definition) is 1. The number of carbonyl (C=O) groups is 1.